The van der Waals surface area contributed by atoms with Gasteiger partial charge in [0.25, 0.3) is 0 Å². The van der Waals surface area contributed by atoms with Crippen LogP contribution < -0.4 is 0 Å². The lowest BCUT2D eigenvalue weighted by molar-refractivity contribution is -0.149. The first-order chi connectivity index (χ1) is 5.12. The van der Waals surface area contributed by atoms with Crippen LogP contribution in [-0.2, 0) is 4.79 Å². The van der Waals surface area contributed by atoms with E-state index in [1.54, 1.807) is 0 Å². The highest BCUT2D eigenvalue weighted by molar-refractivity contribution is 5.70. The van der Waals surface area contributed by atoms with Gasteiger partial charge in [0.2, 0.25) is 0 Å². The van der Waals surface area contributed by atoms with E-state index in [2.05, 4.69) is 6.92 Å². The highest BCUT2D eigenvalue weighted by Crippen LogP contribution is 2.49. The molecule has 0 spiro atoms. The van der Waals surface area contributed by atoms with Gasteiger partial charge in [0.05, 0.1) is 5.92 Å². The lowest BCUT2D eigenvalue weighted by Gasteiger charge is -2.44. The van der Waals surface area contributed by atoms with E-state index in [4.69, 9.17) is 5.11 Å². The molecule has 0 aromatic rings. The second kappa shape index (κ2) is 2.84. The van der Waals surface area contributed by atoms with Crippen LogP contribution in [0.15, 0.2) is 0 Å². The molecule has 0 aromatic carbocycles. The normalized spacial score (nSPS) is 23.8. The Kier molecular flexibility index (Phi) is 2.21. The van der Waals surface area contributed by atoms with Crippen LogP contribution in [0.25, 0.3) is 0 Å². The van der Waals surface area contributed by atoms with E-state index < -0.39 is 5.97 Å². The number of carboxylic acid groups (broad SMARTS) is 1. The number of hydrogen-bond acceptors (Lipinski definition) is 1. The maximum absolute atomic E-state index is 10.7. The first kappa shape index (κ1) is 8.57. The number of carboxylic acids is 1. The van der Waals surface area contributed by atoms with Crippen LogP contribution in [-0.4, -0.2) is 11.1 Å². The summed E-state index contributed by atoms with van der Waals surface area (Å²) in [6, 6.07) is 0. The van der Waals surface area contributed by atoms with Gasteiger partial charge in [-0.15, -0.1) is 0 Å². The predicted molar refractivity (Wildman–Crippen MR) is 43.4 cm³/mol. The van der Waals surface area contributed by atoms with Crippen molar-refractivity contribution in [1.82, 2.24) is 0 Å². The Hall–Kier alpha value is -0.530. The first-order valence-corrected chi connectivity index (χ1v) is 4.35. The van der Waals surface area contributed by atoms with Gasteiger partial charge in [0.1, 0.15) is 0 Å². The number of hydrogen-bond donors (Lipinski definition) is 1. The van der Waals surface area contributed by atoms with Crippen LogP contribution in [0.1, 0.15) is 39.5 Å². The molecule has 1 fully saturated rings. The molecule has 64 valence electrons. The third-order valence-electron chi connectivity index (χ3n) is 3.34. The van der Waals surface area contributed by atoms with E-state index in [1.165, 1.54) is 6.42 Å². The lowest BCUT2D eigenvalue weighted by Crippen LogP contribution is -2.39. The van der Waals surface area contributed by atoms with E-state index in [0.717, 1.165) is 19.3 Å². The Bertz CT molecular complexity index is 153. The molecule has 0 radical (unpaired) electrons. The van der Waals surface area contributed by atoms with Crippen molar-refractivity contribution in [2.75, 3.05) is 0 Å². The molecule has 0 amide bonds. The van der Waals surface area contributed by atoms with Gasteiger partial charge >= 0.3 is 5.97 Å². The average molecular weight is 156 g/mol. The Labute approximate surface area is 67.6 Å². The predicted octanol–water partition coefficient (Wildman–Crippen LogP) is 2.29. The summed E-state index contributed by atoms with van der Waals surface area (Å²) in [6.07, 6.45) is 4.44. The van der Waals surface area contributed by atoms with Gasteiger partial charge in [-0.3, -0.25) is 4.79 Å². The van der Waals surface area contributed by atoms with Gasteiger partial charge in [-0.1, -0.05) is 20.3 Å². The Morgan fingerprint density at radius 3 is 2.27 bits per heavy atom. The lowest BCUT2D eigenvalue weighted by atomic mass is 9.60. The zero-order chi connectivity index (χ0) is 8.48. The second-order valence-electron chi connectivity index (χ2n) is 3.63. The molecule has 0 heterocycles. The van der Waals surface area contributed by atoms with Crippen LogP contribution in [0, 0.1) is 11.3 Å². The van der Waals surface area contributed by atoms with Gasteiger partial charge in [0.15, 0.2) is 0 Å². The van der Waals surface area contributed by atoms with E-state index in [0.29, 0.717) is 0 Å². The van der Waals surface area contributed by atoms with Gasteiger partial charge in [-0.05, 0) is 24.7 Å². The summed E-state index contributed by atoms with van der Waals surface area (Å²) in [6.45, 7) is 3.93. The molecule has 1 aliphatic carbocycles. The topological polar surface area (TPSA) is 37.3 Å². The van der Waals surface area contributed by atoms with Crippen molar-refractivity contribution in [3.05, 3.63) is 0 Å². The number of rotatable bonds is 3. The van der Waals surface area contributed by atoms with Gasteiger partial charge in [-0.25, -0.2) is 0 Å². The fourth-order valence-electron chi connectivity index (χ4n) is 1.99. The monoisotopic (exact) mass is 156 g/mol. The van der Waals surface area contributed by atoms with Gasteiger partial charge < -0.3 is 5.11 Å². The van der Waals surface area contributed by atoms with Crippen molar-refractivity contribution >= 4 is 5.97 Å². The summed E-state index contributed by atoms with van der Waals surface area (Å²) < 4.78 is 0. The summed E-state index contributed by atoms with van der Waals surface area (Å²) in [4.78, 5) is 10.7. The molecule has 0 aromatic heterocycles. The quantitative estimate of drug-likeness (QED) is 0.680. The zero-order valence-electron chi connectivity index (χ0n) is 7.26. The minimum Gasteiger partial charge on any atom is -0.481 e. The molecule has 0 saturated heterocycles. The van der Waals surface area contributed by atoms with Crippen molar-refractivity contribution in [3.8, 4) is 0 Å². The molecule has 0 bridgehead atoms. The fraction of sp³-hybridized carbons (Fsp3) is 0.889. The average Bonchev–Trinajstić information content (AvgIpc) is 1.86. The summed E-state index contributed by atoms with van der Waals surface area (Å²) in [7, 11) is 0. The summed E-state index contributed by atoms with van der Waals surface area (Å²) in [5.74, 6) is -0.784. The molecule has 1 unspecified atom stereocenters. The standard InChI is InChI=1S/C9H16O2/c1-3-9(5-4-6-9)7(2)8(10)11/h7H,3-6H2,1-2H3,(H,10,11). The van der Waals surface area contributed by atoms with Crippen molar-refractivity contribution < 1.29 is 9.90 Å². The summed E-state index contributed by atoms with van der Waals surface area (Å²) in [5, 5.41) is 8.81. The van der Waals surface area contributed by atoms with Gasteiger partial charge in [-0.2, -0.15) is 0 Å². The van der Waals surface area contributed by atoms with Crippen LogP contribution >= 0.6 is 0 Å². The minimum atomic E-state index is -0.633. The van der Waals surface area contributed by atoms with E-state index in [-0.39, 0.29) is 11.3 Å². The molecular weight excluding hydrogens is 140 g/mol. The van der Waals surface area contributed by atoms with Crippen LogP contribution in [0.2, 0.25) is 0 Å². The van der Waals surface area contributed by atoms with Crippen LogP contribution in [0.3, 0.4) is 0 Å². The molecular formula is C9H16O2. The third kappa shape index (κ3) is 1.26. The first-order valence-electron chi connectivity index (χ1n) is 4.35. The summed E-state index contributed by atoms with van der Waals surface area (Å²) in [5.41, 5.74) is 0.145. The van der Waals surface area contributed by atoms with E-state index in [9.17, 15) is 4.79 Å². The molecule has 2 nitrogen and oxygen atoms in total. The van der Waals surface area contributed by atoms with Crippen molar-refractivity contribution in [2.24, 2.45) is 11.3 Å². The molecule has 1 aliphatic rings. The highest BCUT2D eigenvalue weighted by atomic mass is 16.4. The zero-order valence-corrected chi connectivity index (χ0v) is 7.26. The Morgan fingerprint density at radius 1 is 1.64 bits per heavy atom. The molecule has 1 rings (SSSR count). The molecule has 0 aliphatic heterocycles. The fourth-order valence-corrected chi connectivity index (χ4v) is 1.99. The van der Waals surface area contributed by atoms with E-state index in [1.807, 2.05) is 6.92 Å². The molecule has 11 heavy (non-hydrogen) atoms. The SMILES string of the molecule is CCC1(C(C)C(=O)O)CCC1. The largest absolute Gasteiger partial charge is 0.481 e. The third-order valence-corrected chi connectivity index (χ3v) is 3.34. The highest BCUT2D eigenvalue weighted by Gasteiger charge is 2.43. The second-order valence-corrected chi connectivity index (χ2v) is 3.63. The van der Waals surface area contributed by atoms with Crippen LogP contribution in [0.4, 0.5) is 0 Å². The maximum atomic E-state index is 10.7. The Morgan fingerprint density at radius 2 is 2.18 bits per heavy atom. The van der Waals surface area contributed by atoms with Crippen LogP contribution in [0.5, 0.6) is 0 Å². The molecule has 2 heteroatoms. The minimum absolute atomic E-state index is 0.145. The molecule has 1 N–H and O–H groups in total. The van der Waals surface area contributed by atoms with Crippen molar-refractivity contribution in [3.63, 3.8) is 0 Å². The number of aliphatic carboxylic acids is 1. The van der Waals surface area contributed by atoms with Crippen molar-refractivity contribution in [1.29, 1.82) is 0 Å². The Balaban J connectivity index is 2.61. The summed E-state index contributed by atoms with van der Waals surface area (Å²) >= 11 is 0. The number of carbonyl (C=O) groups is 1. The maximum Gasteiger partial charge on any atom is 0.306 e. The van der Waals surface area contributed by atoms with Crippen molar-refractivity contribution in [2.45, 2.75) is 39.5 Å². The van der Waals surface area contributed by atoms with E-state index >= 15 is 0 Å². The molecule has 1 atom stereocenters. The van der Waals surface area contributed by atoms with Gasteiger partial charge in [0, 0.05) is 0 Å². The molecule has 1 saturated carbocycles. The smallest absolute Gasteiger partial charge is 0.306 e.